The lowest BCUT2D eigenvalue weighted by atomic mass is 10.3. The Kier molecular flexibility index (Phi) is 3.58. The fourth-order valence-electron chi connectivity index (χ4n) is 1.95. The third kappa shape index (κ3) is 2.62. The molecule has 1 aromatic heterocycles. The number of rotatable bonds is 3. The average molecular weight is 222 g/mol. The molecule has 0 aliphatic carbocycles. The fourth-order valence-corrected chi connectivity index (χ4v) is 1.95. The first-order valence-electron chi connectivity index (χ1n) is 5.59. The average Bonchev–Trinajstić information content (AvgIpc) is 2.30. The Morgan fingerprint density at radius 1 is 1.31 bits per heavy atom. The smallest absolute Gasteiger partial charge is 0.130 e. The lowest BCUT2D eigenvalue weighted by Gasteiger charge is -2.35. The molecule has 1 aliphatic rings. The maximum Gasteiger partial charge on any atom is 0.130 e. The van der Waals surface area contributed by atoms with Crippen LogP contribution in [0.25, 0.3) is 0 Å². The normalized spacial score (nSPS) is 17.7. The molecule has 2 rings (SSSR count). The minimum atomic E-state index is 0.233. The molecule has 1 fully saturated rings. The van der Waals surface area contributed by atoms with Crippen molar-refractivity contribution < 1.29 is 5.11 Å². The van der Waals surface area contributed by atoms with Crippen LogP contribution in [-0.2, 0) is 0 Å². The molecular weight excluding hydrogens is 204 g/mol. The van der Waals surface area contributed by atoms with E-state index in [1.165, 1.54) is 0 Å². The van der Waals surface area contributed by atoms with Gasteiger partial charge in [-0.05, 0) is 6.07 Å². The number of anilines is 2. The molecule has 1 aliphatic heterocycles. The first kappa shape index (κ1) is 11.2. The van der Waals surface area contributed by atoms with E-state index in [0.717, 1.165) is 44.2 Å². The van der Waals surface area contributed by atoms with Gasteiger partial charge in [-0.15, -0.1) is 0 Å². The molecule has 1 aromatic rings. The van der Waals surface area contributed by atoms with Crippen molar-refractivity contribution in [3.8, 4) is 0 Å². The van der Waals surface area contributed by atoms with Crippen LogP contribution in [0.5, 0.6) is 0 Å². The molecule has 0 spiro atoms. The third-order valence-electron chi connectivity index (χ3n) is 2.88. The van der Waals surface area contributed by atoms with Gasteiger partial charge in [0.05, 0.1) is 6.61 Å². The summed E-state index contributed by atoms with van der Waals surface area (Å²) >= 11 is 0. The van der Waals surface area contributed by atoms with Gasteiger partial charge in [0.15, 0.2) is 0 Å². The summed E-state index contributed by atoms with van der Waals surface area (Å²) in [5.74, 6) is 0.948. The van der Waals surface area contributed by atoms with Crippen molar-refractivity contribution >= 4 is 11.5 Å². The quantitative estimate of drug-likeness (QED) is 0.740. The van der Waals surface area contributed by atoms with Crippen LogP contribution in [0.4, 0.5) is 11.5 Å². The van der Waals surface area contributed by atoms with Gasteiger partial charge in [-0.3, -0.25) is 4.90 Å². The molecule has 0 saturated carbocycles. The monoisotopic (exact) mass is 222 g/mol. The van der Waals surface area contributed by atoms with Crippen molar-refractivity contribution in [1.29, 1.82) is 0 Å². The van der Waals surface area contributed by atoms with Crippen LogP contribution >= 0.6 is 0 Å². The zero-order valence-corrected chi connectivity index (χ0v) is 9.34. The van der Waals surface area contributed by atoms with Crippen molar-refractivity contribution in [1.82, 2.24) is 9.88 Å². The zero-order valence-electron chi connectivity index (χ0n) is 9.34. The minimum Gasteiger partial charge on any atom is -0.399 e. The number of hydrogen-bond donors (Lipinski definition) is 2. The summed E-state index contributed by atoms with van der Waals surface area (Å²) in [6, 6.07) is 3.70. The summed E-state index contributed by atoms with van der Waals surface area (Å²) in [5.41, 5.74) is 6.48. The van der Waals surface area contributed by atoms with Crippen LogP contribution in [0.15, 0.2) is 18.3 Å². The van der Waals surface area contributed by atoms with Gasteiger partial charge in [-0.1, -0.05) is 0 Å². The van der Waals surface area contributed by atoms with Crippen LogP contribution < -0.4 is 10.6 Å². The van der Waals surface area contributed by atoms with Gasteiger partial charge in [0.2, 0.25) is 0 Å². The topological polar surface area (TPSA) is 65.6 Å². The number of pyridine rings is 1. The first-order chi connectivity index (χ1) is 7.79. The second-order valence-electron chi connectivity index (χ2n) is 4.00. The number of hydrogen-bond acceptors (Lipinski definition) is 5. The molecule has 3 N–H and O–H groups in total. The highest BCUT2D eigenvalue weighted by Crippen LogP contribution is 2.15. The summed E-state index contributed by atoms with van der Waals surface area (Å²) < 4.78 is 0. The Bertz CT molecular complexity index is 337. The van der Waals surface area contributed by atoms with Crippen LogP contribution in [-0.4, -0.2) is 54.3 Å². The van der Waals surface area contributed by atoms with Crippen molar-refractivity contribution in [3.63, 3.8) is 0 Å². The highest BCUT2D eigenvalue weighted by Gasteiger charge is 2.17. The summed E-state index contributed by atoms with van der Waals surface area (Å²) in [6.07, 6.45) is 1.74. The Balaban J connectivity index is 1.94. The molecule has 5 nitrogen and oxygen atoms in total. The van der Waals surface area contributed by atoms with E-state index in [9.17, 15) is 0 Å². The van der Waals surface area contributed by atoms with E-state index in [1.807, 2.05) is 6.07 Å². The standard InChI is InChI=1S/C11H18N4O/c12-10-1-2-13-11(9-10)15-5-3-14(4-6-15)7-8-16/h1-2,9,16H,3-8H2,(H2,12,13). The molecule has 1 saturated heterocycles. The number of aromatic nitrogens is 1. The Hall–Kier alpha value is -1.33. The first-order valence-corrected chi connectivity index (χ1v) is 5.59. The van der Waals surface area contributed by atoms with Gasteiger partial charge in [0, 0.05) is 50.7 Å². The summed E-state index contributed by atoms with van der Waals surface area (Å²) in [5, 5.41) is 8.85. The number of piperazine rings is 1. The van der Waals surface area contributed by atoms with E-state index < -0.39 is 0 Å². The lowest BCUT2D eigenvalue weighted by Crippen LogP contribution is -2.47. The number of nitrogen functional groups attached to an aromatic ring is 1. The van der Waals surface area contributed by atoms with Gasteiger partial charge in [-0.25, -0.2) is 4.98 Å². The largest absolute Gasteiger partial charge is 0.399 e. The molecular formula is C11H18N4O. The molecule has 88 valence electrons. The maximum absolute atomic E-state index is 8.85. The van der Waals surface area contributed by atoms with Crippen LogP contribution in [0.2, 0.25) is 0 Å². The van der Waals surface area contributed by atoms with E-state index in [1.54, 1.807) is 12.3 Å². The van der Waals surface area contributed by atoms with Gasteiger partial charge < -0.3 is 15.7 Å². The molecule has 0 bridgehead atoms. The molecule has 0 radical (unpaired) electrons. The zero-order chi connectivity index (χ0) is 11.4. The molecule has 0 amide bonds. The van der Waals surface area contributed by atoms with Crippen LogP contribution in [0.1, 0.15) is 0 Å². The Labute approximate surface area is 95.5 Å². The number of aliphatic hydroxyl groups excluding tert-OH is 1. The van der Waals surface area contributed by atoms with Gasteiger partial charge in [0.25, 0.3) is 0 Å². The number of β-amino-alcohol motifs (C(OH)–C–C–N with tert-alkyl or cyclic N) is 1. The fraction of sp³-hybridized carbons (Fsp3) is 0.545. The van der Waals surface area contributed by atoms with Crippen molar-refractivity contribution in [2.75, 3.05) is 50.0 Å². The molecule has 0 aromatic carbocycles. The van der Waals surface area contributed by atoms with Crippen LogP contribution in [0, 0.1) is 0 Å². The van der Waals surface area contributed by atoms with Crippen molar-refractivity contribution in [3.05, 3.63) is 18.3 Å². The predicted molar refractivity (Wildman–Crippen MR) is 64.4 cm³/mol. The predicted octanol–water partition coefficient (Wildman–Crippen LogP) is -0.222. The van der Waals surface area contributed by atoms with E-state index in [4.69, 9.17) is 10.8 Å². The van der Waals surface area contributed by atoms with Crippen molar-refractivity contribution in [2.24, 2.45) is 0 Å². The minimum absolute atomic E-state index is 0.233. The van der Waals surface area contributed by atoms with Gasteiger partial charge >= 0.3 is 0 Å². The Morgan fingerprint density at radius 2 is 2.06 bits per heavy atom. The molecule has 0 atom stereocenters. The van der Waals surface area contributed by atoms with Gasteiger partial charge in [-0.2, -0.15) is 0 Å². The highest BCUT2D eigenvalue weighted by molar-refractivity contribution is 5.50. The lowest BCUT2D eigenvalue weighted by molar-refractivity contribution is 0.188. The molecule has 0 unspecified atom stereocenters. The molecule has 5 heteroatoms. The summed E-state index contributed by atoms with van der Waals surface area (Å²) in [7, 11) is 0. The van der Waals surface area contributed by atoms with Crippen molar-refractivity contribution in [2.45, 2.75) is 0 Å². The highest BCUT2D eigenvalue weighted by atomic mass is 16.3. The SMILES string of the molecule is Nc1ccnc(N2CCN(CCO)CC2)c1. The van der Waals surface area contributed by atoms with E-state index in [-0.39, 0.29) is 6.61 Å². The number of nitrogens with two attached hydrogens (primary N) is 1. The van der Waals surface area contributed by atoms with E-state index >= 15 is 0 Å². The molecule has 2 heterocycles. The second-order valence-corrected chi connectivity index (χ2v) is 4.00. The second kappa shape index (κ2) is 5.14. The summed E-state index contributed by atoms with van der Waals surface area (Å²) in [4.78, 5) is 8.79. The number of nitrogens with zero attached hydrogens (tertiary/aromatic N) is 3. The maximum atomic E-state index is 8.85. The molecule has 16 heavy (non-hydrogen) atoms. The van der Waals surface area contributed by atoms with E-state index in [0.29, 0.717) is 0 Å². The van der Waals surface area contributed by atoms with Crippen LogP contribution in [0.3, 0.4) is 0 Å². The number of aliphatic hydroxyl groups is 1. The van der Waals surface area contributed by atoms with Gasteiger partial charge in [0.1, 0.15) is 5.82 Å². The third-order valence-corrected chi connectivity index (χ3v) is 2.88. The Morgan fingerprint density at radius 3 is 2.69 bits per heavy atom. The summed E-state index contributed by atoms with van der Waals surface area (Å²) in [6.45, 7) is 4.82. The van der Waals surface area contributed by atoms with E-state index in [2.05, 4.69) is 14.8 Å².